The fraction of sp³-hybridized carbons (Fsp3) is 0.250. The molecule has 0 aliphatic carbocycles. The van der Waals surface area contributed by atoms with Crippen LogP contribution in [0.2, 0.25) is 0 Å². The highest BCUT2D eigenvalue weighted by molar-refractivity contribution is 6.09. The predicted molar refractivity (Wildman–Crippen MR) is 63.7 cm³/mol. The van der Waals surface area contributed by atoms with Crippen molar-refractivity contribution in [1.82, 2.24) is 4.98 Å². The van der Waals surface area contributed by atoms with Gasteiger partial charge in [-0.15, -0.1) is 0 Å². The lowest BCUT2D eigenvalue weighted by atomic mass is 10.1. The van der Waals surface area contributed by atoms with Crippen LogP contribution in [0.3, 0.4) is 0 Å². The monoisotopic (exact) mass is 272 g/mol. The molecule has 0 amide bonds. The molecule has 7 heteroatoms. The van der Waals surface area contributed by atoms with Crippen LogP contribution in [0.5, 0.6) is 0 Å². The minimum Gasteiger partial charge on any atom is -0.462 e. The third-order valence-electron chi connectivity index (χ3n) is 2.65. The standard InChI is InChI=1S/C12H11F3N2O2/c1-2-19-11(18)8-6-4-3-5-7(12(13,14)15)9(6)17-10(8)16/h3-5,17H,2,16H2,1H3. The number of fused-ring (bicyclic) bond motifs is 1. The Balaban J connectivity index is 2.69. The molecule has 0 saturated carbocycles. The van der Waals surface area contributed by atoms with Crippen molar-refractivity contribution in [1.29, 1.82) is 0 Å². The van der Waals surface area contributed by atoms with E-state index in [0.29, 0.717) is 0 Å². The van der Waals surface area contributed by atoms with E-state index in [1.54, 1.807) is 6.92 Å². The molecular formula is C12H11F3N2O2. The number of para-hydroxylation sites is 1. The second-order valence-corrected chi connectivity index (χ2v) is 3.86. The van der Waals surface area contributed by atoms with Gasteiger partial charge in [0, 0.05) is 5.39 Å². The van der Waals surface area contributed by atoms with Crippen molar-refractivity contribution in [2.24, 2.45) is 0 Å². The van der Waals surface area contributed by atoms with Gasteiger partial charge in [-0.25, -0.2) is 4.79 Å². The number of benzene rings is 1. The SMILES string of the molecule is CCOC(=O)c1c(N)[nH]c2c(C(F)(F)F)cccc12. The quantitative estimate of drug-likeness (QED) is 0.826. The van der Waals surface area contributed by atoms with Gasteiger partial charge in [0.25, 0.3) is 0 Å². The first-order valence-electron chi connectivity index (χ1n) is 5.50. The number of esters is 1. The Labute approximate surface area is 106 Å². The van der Waals surface area contributed by atoms with Crippen LogP contribution >= 0.6 is 0 Å². The topological polar surface area (TPSA) is 68.1 Å². The summed E-state index contributed by atoms with van der Waals surface area (Å²) in [7, 11) is 0. The van der Waals surface area contributed by atoms with Crippen LogP contribution in [0.25, 0.3) is 10.9 Å². The number of nitrogen functional groups attached to an aromatic ring is 1. The second kappa shape index (κ2) is 4.49. The molecule has 0 unspecified atom stereocenters. The Bertz CT molecular complexity index is 632. The molecule has 0 aliphatic rings. The molecule has 0 bridgehead atoms. The molecule has 0 aliphatic heterocycles. The lowest BCUT2D eigenvalue weighted by molar-refractivity contribution is -0.136. The van der Waals surface area contributed by atoms with Crippen molar-refractivity contribution in [2.75, 3.05) is 12.3 Å². The largest absolute Gasteiger partial charge is 0.462 e. The molecule has 3 N–H and O–H groups in total. The Kier molecular flexibility index (Phi) is 3.13. The molecule has 0 atom stereocenters. The highest BCUT2D eigenvalue weighted by atomic mass is 19.4. The number of H-pyrrole nitrogens is 1. The normalized spacial score (nSPS) is 11.8. The molecule has 1 aromatic heterocycles. The number of halogens is 3. The molecule has 0 fully saturated rings. The van der Waals surface area contributed by atoms with E-state index in [0.717, 1.165) is 6.07 Å². The highest BCUT2D eigenvalue weighted by Crippen LogP contribution is 2.36. The highest BCUT2D eigenvalue weighted by Gasteiger charge is 2.34. The van der Waals surface area contributed by atoms with Gasteiger partial charge in [0.1, 0.15) is 11.4 Å². The fourth-order valence-electron chi connectivity index (χ4n) is 1.90. The van der Waals surface area contributed by atoms with Crippen molar-refractivity contribution in [2.45, 2.75) is 13.1 Å². The Hall–Kier alpha value is -2.18. The van der Waals surface area contributed by atoms with Crippen molar-refractivity contribution < 1.29 is 22.7 Å². The zero-order chi connectivity index (χ0) is 14.2. The van der Waals surface area contributed by atoms with Crippen LogP contribution in [0.4, 0.5) is 19.0 Å². The molecule has 2 aromatic rings. The lowest BCUT2D eigenvalue weighted by Gasteiger charge is -2.07. The molecule has 0 radical (unpaired) electrons. The summed E-state index contributed by atoms with van der Waals surface area (Å²) in [5.74, 6) is -0.879. The summed E-state index contributed by atoms with van der Waals surface area (Å²) < 4.78 is 43.3. The first-order valence-corrected chi connectivity index (χ1v) is 5.50. The average Bonchev–Trinajstić information content (AvgIpc) is 2.63. The minimum absolute atomic E-state index is 0.0667. The van der Waals surface area contributed by atoms with E-state index in [1.807, 2.05) is 0 Å². The molecule has 0 spiro atoms. The molecule has 102 valence electrons. The maximum Gasteiger partial charge on any atom is 0.418 e. The van der Waals surface area contributed by atoms with Crippen LogP contribution in [0.15, 0.2) is 18.2 Å². The summed E-state index contributed by atoms with van der Waals surface area (Å²) in [6, 6.07) is 3.54. The van der Waals surface area contributed by atoms with E-state index in [-0.39, 0.29) is 28.9 Å². The number of rotatable bonds is 2. The number of hydrogen-bond donors (Lipinski definition) is 2. The first kappa shape index (κ1) is 13.3. The van der Waals surface area contributed by atoms with Crippen LogP contribution in [-0.4, -0.2) is 17.6 Å². The van der Waals surface area contributed by atoms with Crippen LogP contribution in [-0.2, 0) is 10.9 Å². The van der Waals surface area contributed by atoms with Crippen LogP contribution in [0.1, 0.15) is 22.8 Å². The van der Waals surface area contributed by atoms with Crippen molar-refractivity contribution >= 4 is 22.7 Å². The van der Waals surface area contributed by atoms with E-state index in [2.05, 4.69) is 4.98 Å². The van der Waals surface area contributed by atoms with Gasteiger partial charge in [-0.3, -0.25) is 0 Å². The number of anilines is 1. The Morgan fingerprint density at radius 2 is 2.11 bits per heavy atom. The van der Waals surface area contributed by atoms with Gasteiger partial charge in [0.2, 0.25) is 0 Å². The zero-order valence-electron chi connectivity index (χ0n) is 9.97. The van der Waals surface area contributed by atoms with Gasteiger partial charge < -0.3 is 15.5 Å². The first-order chi connectivity index (χ1) is 8.86. The molecule has 1 heterocycles. The zero-order valence-corrected chi connectivity index (χ0v) is 9.97. The van der Waals surface area contributed by atoms with E-state index in [9.17, 15) is 18.0 Å². The minimum atomic E-state index is -4.53. The number of nitrogens with two attached hydrogens (primary N) is 1. The Morgan fingerprint density at radius 3 is 2.68 bits per heavy atom. The van der Waals surface area contributed by atoms with Gasteiger partial charge >= 0.3 is 12.1 Å². The molecule has 1 aromatic carbocycles. The maximum atomic E-state index is 12.8. The van der Waals surface area contributed by atoms with Crippen LogP contribution < -0.4 is 5.73 Å². The van der Waals surface area contributed by atoms with Gasteiger partial charge in [0.05, 0.1) is 17.7 Å². The van der Waals surface area contributed by atoms with E-state index < -0.39 is 17.7 Å². The van der Waals surface area contributed by atoms with Gasteiger partial charge in [0.15, 0.2) is 0 Å². The smallest absolute Gasteiger partial charge is 0.418 e. The van der Waals surface area contributed by atoms with E-state index in [1.165, 1.54) is 12.1 Å². The van der Waals surface area contributed by atoms with Gasteiger partial charge in [-0.05, 0) is 13.0 Å². The summed E-state index contributed by atoms with van der Waals surface area (Å²) in [5, 5.41) is 0.103. The molecule has 0 saturated heterocycles. The van der Waals surface area contributed by atoms with E-state index in [4.69, 9.17) is 10.5 Å². The predicted octanol–water partition coefficient (Wildman–Crippen LogP) is 2.95. The number of ether oxygens (including phenoxy) is 1. The Morgan fingerprint density at radius 1 is 1.42 bits per heavy atom. The van der Waals surface area contributed by atoms with E-state index >= 15 is 0 Å². The van der Waals surface area contributed by atoms with Gasteiger partial charge in [-0.1, -0.05) is 12.1 Å². The third kappa shape index (κ3) is 2.23. The average molecular weight is 272 g/mol. The molecule has 2 rings (SSSR count). The molecule has 4 nitrogen and oxygen atoms in total. The summed E-state index contributed by atoms with van der Waals surface area (Å²) in [6.07, 6.45) is -4.53. The summed E-state index contributed by atoms with van der Waals surface area (Å²) in [4.78, 5) is 14.1. The second-order valence-electron chi connectivity index (χ2n) is 3.86. The number of nitrogens with one attached hydrogen (secondary N) is 1. The third-order valence-corrected chi connectivity index (χ3v) is 2.65. The molecular weight excluding hydrogens is 261 g/mol. The number of alkyl halides is 3. The summed E-state index contributed by atoms with van der Waals surface area (Å²) >= 11 is 0. The maximum absolute atomic E-state index is 12.8. The number of aromatic amines is 1. The van der Waals surface area contributed by atoms with Gasteiger partial charge in [-0.2, -0.15) is 13.2 Å². The summed E-state index contributed by atoms with van der Waals surface area (Å²) in [6.45, 7) is 1.72. The lowest BCUT2D eigenvalue weighted by Crippen LogP contribution is -2.07. The molecule has 19 heavy (non-hydrogen) atoms. The number of hydrogen-bond acceptors (Lipinski definition) is 3. The van der Waals surface area contributed by atoms with Crippen molar-refractivity contribution in [3.63, 3.8) is 0 Å². The number of carbonyl (C=O) groups excluding carboxylic acids is 1. The fourth-order valence-corrected chi connectivity index (χ4v) is 1.90. The number of carbonyl (C=O) groups is 1. The van der Waals surface area contributed by atoms with Crippen LogP contribution in [0, 0.1) is 0 Å². The van der Waals surface area contributed by atoms with Crippen molar-refractivity contribution in [3.8, 4) is 0 Å². The number of aromatic nitrogens is 1. The van der Waals surface area contributed by atoms with Crippen molar-refractivity contribution in [3.05, 3.63) is 29.3 Å². The summed E-state index contributed by atoms with van der Waals surface area (Å²) in [5.41, 5.74) is 4.43.